The van der Waals surface area contributed by atoms with Crippen molar-refractivity contribution in [1.82, 2.24) is 14.9 Å². The van der Waals surface area contributed by atoms with E-state index >= 15 is 0 Å². The first-order valence-electron chi connectivity index (χ1n) is 9.53. The lowest BCUT2D eigenvalue weighted by atomic mass is 10.1. The maximum atomic E-state index is 5.67. The Morgan fingerprint density at radius 1 is 1.15 bits per heavy atom. The van der Waals surface area contributed by atoms with Crippen LogP contribution in [0.3, 0.4) is 0 Å². The van der Waals surface area contributed by atoms with Crippen LogP contribution in [0.2, 0.25) is 0 Å². The SMILES string of the molecule is Cc1ccc(CNc2nc(CN3CC4CCC3C4)nc3ccccc23)o1. The molecule has 2 aromatic heterocycles. The van der Waals surface area contributed by atoms with E-state index in [0.29, 0.717) is 6.54 Å². The average molecular weight is 348 g/mol. The molecule has 2 bridgehead atoms. The Bertz CT molecular complexity index is 935. The lowest BCUT2D eigenvalue weighted by Crippen LogP contribution is -2.32. The molecule has 1 saturated heterocycles. The molecule has 5 rings (SSSR count). The number of rotatable bonds is 5. The molecule has 134 valence electrons. The highest BCUT2D eigenvalue weighted by molar-refractivity contribution is 5.88. The van der Waals surface area contributed by atoms with Crippen molar-refractivity contribution in [3.8, 4) is 0 Å². The number of anilines is 1. The number of fused-ring (bicyclic) bond motifs is 3. The van der Waals surface area contributed by atoms with Crippen LogP contribution in [0.1, 0.15) is 36.6 Å². The fourth-order valence-electron chi connectivity index (χ4n) is 4.48. The van der Waals surface area contributed by atoms with Gasteiger partial charge in [0.25, 0.3) is 0 Å². The minimum atomic E-state index is 0.628. The quantitative estimate of drug-likeness (QED) is 0.751. The van der Waals surface area contributed by atoms with Gasteiger partial charge < -0.3 is 9.73 Å². The van der Waals surface area contributed by atoms with E-state index in [-0.39, 0.29) is 0 Å². The number of benzene rings is 1. The van der Waals surface area contributed by atoms with Crippen molar-refractivity contribution in [2.45, 2.75) is 45.3 Å². The third kappa shape index (κ3) is 2.97. The lowest BCUT2D eigenvalue weighted by molar-refractivity contribution is 0.201. The summed E-state index contributed by atoms with van der Waals surface area (Å²) >= 11 is 0. The van der Waals surface area contributed by atoms with Gasteiger partial charge >= 0.3 is 0 Å². The van der Waals surface area contributed by atoms with Crippen molar-refractivity contribution < 1.29 is 4.42 Å². The van der Waals surface area contributed by atoms with Crippen LogP contribution in [0.4, 0.5) is 5.82 Å². The second-order valence-corrected chi connectivity index (χ2v) is 7.63. The normalized spacial score (nSPS) is 22.3. The number of likely N-dealkylation sites (tertiary alicyclic amines) is 1. The van der Waals surface area contributed by atoms with Crippen molar-refractivity contribution in [3.05, 3.63) is 53.7 Å². The molecule has 1 saturated carbocycles. The smallest absolute Gasteiger partial charge is 0.145 e. The Balaban J connectivity index is 1.41. The summed E-state index contributed by atoms with van der Waals surface area (Å²) in [6, 6.07) is 12.9. The Labute approximate surface area is 153 Å². The Morgan fingerprint density at radius 3 is 2.85 bits per heavy atom. The zero-order chi connectivity index (χ0) is 17.5. The van der Waals surface area contributed by atoms with Crippen LogP contribution in [-0.4, -0.2) is 27.5 Å². The summed E-state index contributed by atoms with van der Waals surface area (Å²) in [5, 5.41) is 4.51. The minimum Gasteiger partial charge on any atom is -0.465 e. The largest absolute Gasteiger partial charge is 0.465 e. The highest BCUT2D eigenvalue weighted by Gasteiger charge is 2.37. The molecule has 2 unspecified atom stereocenters. The summed E-state index contributed by atoms with van der Waals surface area (Å²) in [7, 11) is 0. The Hall–Kier alpha value is -2.40. The van der Waals surface area contributed by atoms with Gasteiger partial charge in [-0.05, 0) is 56.4 Å². The van der Waals surface area contributed by atoms with Crippen molar-refractivity contribution >= 4 is 16.7 Å². The first kappa shape index (κ1) is 15.8. The van der Waals surface area contributed by atoms with Crippen LogP contribution in [0.5, 0.6) is 0 Å². The first-order valence-corrected chi connectivity index (χ1v) is 9.53. The van der Waals surface area contributed by atoms with E-state index in [0.717, 1.165) is 52.6 Å². The lowest BCUT2D eigenvalue weighted by Gasteiger charge is -2.26. The molecule has 2 aliphatic rings. The number of aromatic nitrogens is 2. The maximum absolute atomic E-state index is 5.67. The molecule has 1 aromatic carbocycles. The van der Waals surface area contributed by atoms with Crippen LogP contribution >= 0.6 is 0 Å². The predicted octanol–water partition coefficient (Wildman–Crippen LogP) is 4.13. The molecule has 0 radical (unpaired) electrons. The van der Waals surface area contributed by atoms with Crippen molar-refractivity contribution in [2.75, 3.05) is 11.9 Å². The summed E-state index contributed by atoms with van der Waals surface area (Å²) < 4.78 is 5.67. The second kappa shape index (κ2) is 6.40. The van der Waals surface area contributed by atoms with Gasteiger partial charge in [-0.1, -0.05) is 12.1 Å². The molecule has 0 amide bonds. The molecule has 2 fully saturated rings. The molecular weight excluding hydrogens is 324 g/mol. The number of hydrogen-bond donors (Lipinski definition) is 1. The fraction of sp³-hybridized carbons (Fsp3) is 0.429. The third-order valence-corrected chi connectivity index (χ3v) is 5.74. The van der Waals surface area contributed by atoms with Crippen LogP contribution in [0.15, 0.2) is 40.8 Å². The number of nitrogens with zero attached hydrogens (tertiary/aromatic N) is 3. The van der Waals surface area contributed by atoms with Gasteiger partial charge in [-0.25, -0.2) is 9.97 Å². The molecule has 26 heavy (non-hydrogen) atoms. The number of hydrogen-bond acceptors (Lipinski definition) is 5. The Morgan fingerprint density at radius 2 is 2.08 bits per heavy atom. The number of piperidine rings is 1. The van der Waals surface area contributed by atoms with Gasteiger partial charge in [-0.2, -0.15) is 0 Å². The van der Waals surface area contributed by atoms with E-state index in [2.05, 4.69) is 22.3 Å². The first-order chi connectivity index (χ1) is 12.7. The number of aryl methyl sites for hydroxylation is 1. The van der Waals surface area contributed by atoms with E-state index in [4.69, 9.17) is 14.4 Å². The van der Waals surface area contributed by atoms with E-state index in [1.807, 2.05) is 31.2 Å². The molecular formula is C21H24N4O. The van der Waals surface area contributed by atoms with E-state index in [1.165, 1.54) is 25.8 Å². The highest BCUT2D eigenvalue weighted by atomic mass is 16.3. The van der Waals surface area contributed by atoms with Crippen LogP contribution in [-0.2, 0) is 13.1 Å². The fourth-order valence-corrected chi connectivity index (χ4v) is 4.48. The van der Waals surface area contributed by atoms with Crippen molar-refractivity contribution in [1.29, 1.82) is 0 Å². The predicted molar refractivity (Wildman–Crippen MR) is 102 cm³/mol. The van der Waals surface area contributed by atoms with Gasteiger partial charge in [-0.3, -0.25) is 4.90 Å². The molecule has 3 heterocycles. The number of para-hydroxylation sites is 1. The number of furan rings is 1. The van der Waals surface area contributed by atoms with Crippen molar-refractivity contribution in [2.24, 2.45) is 5.92 Å². The molecule has 1 aliphatic carbocycles. The topological polar surface area (TPSA) is 54.2 Å². The van der Waals surface area contributed by atoms with Gasteiger partial charge in [0.15, 0.2) is 0 Å². The number of nitrogens with one attached hydrogen (secondary N) is 1. The molecule has 5 heteroatoms. The maximum Gasteiger partial charge on any atom is 0.145 e. The molecule has 2 atom stereocenters. The van der Waals surface area contributed by atoms with Crippen LogP contribution in [0, 0.1) is 12.8 Å². The van der Waals surface area contributed by atoms with Gasteiger partial charge in [0.2, 0.25) is 0 Å². The molecule has 0 spiro atoms. The average Bonchev–Trinajstić information content (AvgIpc) is 3.37. The summed E-state index contributed by atoms with van der Waals surface area (Å²) in [4.78, 5) is 12.3. The van der Waals surface area contributed by atoms with Crippen molar-refractivity contribution in [3.63, 3.8) is 0 Å². The van der Waals surface area contributed by atoms with Crippen LogP contribution in [0.25, 0.3) is 10.9 Å². The Kier molecular flexibility index (Phi) is 3.89. The van der Waals surface area contributed by atoms with E-state index in [1.54, 1.807) is 0 Å². The van der Waals surface area contributed by atoms with Gasteiger partial charge in [0, 0.05) is 18.0 Å². The summed E-state index contributed by atoms with van der Waals surface area (Å²) in [5.74, 6) is 4.54. The molecule has 3 aromatic rings. The van der Waals surface area contributed by atoms with Gasteiger partial charge in [0.1, 0.15) is 23.2 Å². The zero-order valence-corrected chi connectivity index (χ0v) is 15.1. The van der Waals surface area contributed by atoms with Gasteiger partial charge in [0.05, 0.1) is 18.6 Å². The summed E-state index contributed by atoms with van der Waals surface area (Å²) in [6.07, 6.45) is 4.09. The third-order valence-electron chi connectivity index (χ3n) is 5.74. The van der Waals surface area contributed by atoms with Crippen LogP contribution < -0.4 is 5.32 Å². The highest BCUT2D eigenvalue weighted by Crippen LogP contribution is 2.38. The zero-order valence-electron chi connectivity index (χ0n) is 15.1. The monoisotopic (exact) mass is 348 g/mol. The van der Waals surface area contributed by atoms with E-state index < -0.39 is 0 Å². The standard InChI is InChI=1S/C21H24N4O/c1-14-6-9-17(26-14)11-22-21-18-4-2-3-5-19(18)23-20(24-21)13-25-12-15-7-8-16(25)10-15/h2-6,9,15-16H,7-8,10-13H2,1H3,(H,22,23,24). The summed E-state index contributed by atoms with van der Waals surface area (Å²) in [5.41, 5.74) is 1.000. The molecule has 1 aliphatic heterocycles. The minimum absolute atomic E-state index is 0.628. The summed E-state index contributed by atoms with van der Waals surface area (Å²) in [6.45, 7) is 4.64. The molecule has 1 N–H and O–H groups in total. The second-order valence-electron chi connectivity index (χ2n) is 7.63. The van der Waals surface area contributed by atoms with Gasteiger partial charge in [-0.15, -0.1) is 0 Å². The van der Waals surface area contributed by atoms with E-state index in [9.17, 15) is 0 Å². The molecule has 5 nitrogen and oxygen atoms in total.